The molecule has 2 aromatic carbocycles. The standard InChI is InChI=1S/C20H16F7NO3S/c21-15-7-14(20(25,26)27)8-17(9-15)32(30,31)16-5-11(6-16)10-28-18(29)12-1-3-13(4-2-12)19(22,23)24/h1-4,7-9,11,16H,5-6,10H2,(H,28,29)/t11-,16-. The lowest BCUT2D eigenvalue weighted by atomic mass is 9.84. The maximum Gasteiger partial charge on any atom is 0.416 e. The van der Waals surface area contributed by atoms with Crippen LogP contribution in [0.25, 0.3) is 0 Å². The number of hydrogen-bond acceptors (Lipinski definition) is 3. The molecule has 1 aliphatic rings. The maximum absolute atomic E-state index is 13.5. The third-order valence-electron chi connectivity index (χ3n) is 5.18. The predicted molar refractivity (Wildman–Crippen MR) is 98.9 cm³/mol. The second-order valence-corrected chi connectivity index (χ2v) is 9.69. The average Bonchev–Trinajstić information content (AvgIpc) is 2.64. The predicted octanol–water partition coefficient (Wildman–Crippen LogP) is 4.85. The van der Waals surface area contributed by atoms with Crippen molar-refractivity contribution < 1.29 is 43.9 Å². The van der Waals surface area contributed by atoms with E-state index >= 15 is 0 Å². The number of hydrogen-bond donors (Lipinski definition) is 1. The molecule has 0 bridgehead atoms. The fraction of sp³-hybridized carbons (Fsp3) is 0.350. The van der Waals surface area contributed by atoms with Crippen molar-refractivity contribution in [2.75, 3.05) is 6.54 Å². The summed E-state index contributed by atoms with van der Waals surface area (Å²) in [6.45, 7) is 0.0306. The van der Waals surface area contributed by atoms with Crippen LogP contribution in [0.2, 0.25) is 0 Å². The molecule has 0 radical (unpaired) electrons. The Morgan fingerprint density at radius 1 is 0.906 bits per heavy atom. The molecule has 32 heavy (non-hydrogen) atoms. The molecule has 0 atom stereocenters. The van der Waals surface area contributed by atoms with E-state index in [9.17, 15) is 43.9 Å². The van der Waals surface area contributed by atoms with E-state index in [1.807, 2.05) is 0 Å². The molecule has 0 aromatic heterocycles. The van der Waals surface area contributed by atoms with E-state index in [0.717, 1.165) is 24.3 Å². The van der Waals surface area contributed by atoms with Crippen LogP contribution in [0.5, 0.6) is 0 Å². The van der Waals surface area contributed by atoms with Gasteiger partial charge in [0.2, 0.25) is 0 Å². The molecular weight excluding hydrogens is 467 g/mol. The first-order valence-corrected chi connectivity index (χ1v) is 10.8. The molecule has 0 heterocycles. The molecule has 4 nitrogen and oxygen atoms in total. The molecule has 0 saturated heterocycles. The highest BCUT2D eigenvalue weighted by Gasteiger charge is 2.41. The monoisotopic (exact) mass is 483 g/mol. The first-order valence-electron chi connectivity index (χ1n) is 9.25. The van der Waals surface area contributed by atoms with E-state index in [1.54, 1.807) is 0 Å². The second kappa shape index (κ2) is 8.38. The maximum atomic E-state index is 13.5. The van der Waals surface area contributed by atoms with Gasteiger partial charge in [-0.15, -0.1) is 0 Å². The fourth-order valence-electron chi connectivity index (χ4n) is 3.33. The highest BCUT2D eigenvalue weighted by Crippen LogP contribution is 2.38. The minimum absolute atomic E-state index is 0.0130. The van der Waals surface area contributed by atoms with Crippen molar-refractivity contribution in [2.24, 2.45) is 5.92 Å². The zero-order valence-corrected chi connectivity index (χ0v) is 16.9. The fourth-order valence-corrected chi connectivity index (χ4v) is 5.33. The Kier molecular flexibility index (Phi) is 6.29. The first-order chi connectivity index (χ1) is 14.7. The van der Waals surface area contributed by atoms with Crippen LogP contribution in [0.3, 0.4) is 0 Å². The van der Waals surface area contributed by atoms with Gasteiger partial charge in [-0.25, -0.2) is 12.8 Å². The van der Waals surface area contributed by atoms with Crippen molar-refractivity contribution >= 4 is 15.7 Å². The van der Waals surface area contributed by atoms with E-state index in [2.05, 4.69) is 5.32 Å². The second-order valence-electron chi connectivity index (χ2n) is 7.46. The van der Waals surface area contributed by atoms with Crippen molar-refractivity contribution in [2.45, 2.75) is 35.3 Å². The van der Waals surface area contributed by atoms with Gasteiger partial charge in [-0.2, -0.15) is 26.3 Å². The lowest BCUT2D eigenvalue weighted by Crippen LogP contribution is -2.42. The Morgan fingerprint density at radius 2 is 1.47 bits per heavy atom. The van der Waals surface area contributed by atoms with Crippen LogP contribution < -0.4 is 5.32 Å². The molecule has 174 valence electrons. The number of alkyl halides is 6. The lowest BCUT2D eigenvalue weighted by Gasteiger charge is -2.35. The molecule has 1 amide bonds. The first kappa shape index (κ1) is 24.0. The highest BCUT2D eigenvalue weighted by molar-refractivity contribution is 7.92. The van der Waals surface area contributed by atoms with Crippen LogP contribution in [-0.2, 0) is 22.2 Å². The molecule has 1 fully saturated rings. The van der Waals surface area contributed by atoms with Crippen molar-refractivity contribution in [3.8, 4) is 0 Å². The normalized spacial score (nSPS) is 19.3. The van der Waals surface area contributed by atoms with Gasteiger partial charge in [0.05, 0.1) is 21.3 Å². The SMILES string of the molecule is O=C(NC[C@H]1C[C@H](S(=O)(=O)c2cc(F)cc(C(F)(F)F)c2)C1)c1ccc(C(F)(F)F)cc1. The zero-order chi connectivity index (χ0) is 23.9. The van der Waals surface area contributed by atoms with E-state index < -0.39 is 55.2 Å². The minimum Gasteiger partial charge on any atom is -0.352 e. The largest absolute Gasteiger partial charge is 0.416 e. The number of benzene rings is 2. The summed E-state index contributed by atoms with van der Waals surface area (Å²) in [4.78, 5) is 11.3. The van der Waals surface area contributed by atoms with Crippen LogP contribution in [0, 0.1) is 11.7 Å². The van der Waals surface area contributed by atoms with Crippen molar-refractivity contribution in [1.82, 2.24) is 5.32 Å². The Morgan fingerprint density at radius 3 is 2.00 bits per heavy atom. The smallest absolute Gasteiger partial charge is 0.352 e. The van der Waals surface area contributed by atoms with E-state index in [0.29, 0.717) is 12.1 Å². The molecule has 0 unspecified atom stereocenters. The average molecular weight is 483 g/mol. The highest BCUT2D eigenvalue weighted by atomic mass is 32.2. The van der Waals surface area contributed by atoms with E-state index in [-0.39, 0.29) is 36.9 Å². The number of carbonyl (C=O) groups is 1. The molecule has 3 rings (SSSR count). The molecule has 1 saturated carbocycles. The number of rotatable bonds is 5. The number of halogens is 7. The zero-order valence-electron chi connectivity index (χ0n) is 16.1. The summed E-state index contributed by atoms with van der Waals surface area (Å²) >= 11 is 0. The molecular formula is C20H16F7NO3S. The summed E-state index contributed by atoms with van der Waals surface area (Å²) in [7, 11) is -4.21. The van der Waals surface area contributed by atoms with Gasteiger partial charge >= 0.3 is 12.4 Å². The van der Waals surface area contributed by atoms with Crippen LogP contribution in [-0.4, -0.2) is 26.1 Å². The van der Waals surface area contributed by atoms with Gasteiger partial charge in [0.1, 0.15) is 5.82 Å². The number of carbonyl (C=O) groups excluding carboxylic acids is 1. The van der Waals surface area contributed by atoms with Crippen molar-refractivity contribution in [3.05, 3.63) is 65.0 Å². The van der Waals surface area contributed by atoms with Gasteiger partial charge in [-0.3, -0.25) is 4.79 Å². The van der Waals surface area contributed by atoms with Gasteiger partial charge < -0.3 is 5.32 Å². The molecule has 12 heteroatoms. The quantitative estimate of drug-likeness (QED) is 0.619. The summed E-state index contributed by atoms with van der Waals surface area (Å²) in [6, 6.07) is 4.66. The minimum atomic E-state index is -4.91. The van der Waals surface area contributed by atoms with Gasteiger partial charge in [-0.1, -0.05) is 0 Å². The number of amides is 1. The van der Waals surface area contributed by atoms with Crippen LogP contribution in [0.15, 0.2) is 47.4 Å². The number of sulfone groups is 1. The number of nitrogens with one attached hydrogen (secondary N) is 1. The third-order valence-corrected chi connectivity index (χ3v) is 7.34. The summed E-state index contributed by atoms with van der Waals surface area (Å²) in [5, 5.41) is 1.46. The van der Waals surface area contributed by atoms with Crippen LogP contribution in [0.4, 0.5) is 30.7 Å². The molecule has 1 aliphatic carbocycles. The summed E-state index contributed by atoms with van der Waals surface area (Å²) in [5.41, 5.74) is -2.33. The summed E-state index contributed by atoms with van der Waals surface area (Å²) < 4.78 is 115. The van der Waals surface area contributed by atoms with Gasteiger partial charge in [0, 0.05) is 12.1 Å². The van der Waals surface area contributed by atoms with Gasteiger partial charge in [0.25, 0.3) is 5.91 Å². The van der Waals surface area contributed by atoms with Crippen molar-refractivity contribution in [1.29, 1.82) is 0 Å². The third kappa shape index (κ3) is 5.22. The topological polar surface area (TPSA) is 63.2 Å². The van der Waals surface area contributed by atoms with Crippen molar-refractivity contribution in [3.63, 3.8) is 0 Å². The summed E-state index contributed by atoms with van der Waals surface area (Å²) in [6.07, 6.45) is -9.37. The van der Waals surface area contributed by atoms with Crippen LogP contribution in [0.1, 0.15) is 34.3 Å². The Bertz CT molecular complexity index is 1100. The molecule has 0 aliphatic heterocycles. The van der Waals surface area contributed by atoms with Gasteiger partial charge in [-0.05, 0) is 61.2 Å². The summed E-state index contributed by atoms with van der Waals surface area (Å²) in [5.74, 6) is -2.27. The Balaban J connectivity index is 1.58. The van der Waals surface area contributed by atoms with Gasteiger partial charge in [0.15, 0.2) is 9.84 Å². The van der Waals surface area contributed by atoms with Crippen LogP contribution >= 0.6 is 0 Å². The molecule has 0 spiro atoms. The molecule has 2 aromatic rings. The molecule has 1 N–H and O–H groups in total. The Labute approximate surface area is 178 Å². The van der Waals surface area contributed by atoms with E-state index in [4.69, 9.17) is 0 Å². The lowest BCUT2D eigenvalue weighted by molar-refractivity contribution is -0.138. The Hall–Kier alpha value is -2.63. The van der Waals surface area contributed by atoms with E-state index in [1.165, 1.54) is 0 Å².